The number of hydrogen-bond acceptors (Lipinski definition) is 3. The van der Waals surface area contributed by atoms with Gasteiger partial charge in [0, 0.05) is 16.0 Å². The first-order valence-corrected chi connectivity index (χ1v) is 7.48. The zero-order valence-corrected chi connectivity index (χ0v) is 13.1. The molecule has 1 N–H and O–H groups in total. The van der Waals surface area contributed by atoms with Crippen molar-refractivity contribution in [1.29, 1.82) is 0 Å². The molecule has 6 heteroatoms. The van der Waals surface area contributed by atoms with Crippen LogP contribution in [-0.4, -0.2) is 9.97 Å². The molecule has 104 valence electrons. The molecule has 0 amide bonds. The standard InChI is InChI=1S/C14H12BrClFN3/c1-7-12(16)19-14(8-2-3-8)20-13(7)18-11-6-9(17)4-5-10(11)15/h4-6,8H,2-3H2,1H3,(H,18,19,20). The summed E-state index contributed by atoms with van der Waals surface area (Å²) >= 11 is 9.54. The van der Waals surface area contributed by atoms with Crippen LogP contribution < -0.4 is 5.32 Å². The van der Waals surface area contributed by atoms with Gasteiger partial charge in [-0.15, -0.1) is 0 Å². The first-order chi connectivity index (χ1) is 9.54. The molecule has 1 aromatic carbocycles. The van der Waals surface area contributed by atoms with Gasteiger partial charge in [0.1, 0.15) is 22.6 Å². The van der Waals surface area contributed by atoms with Crippen molar-refractivity contribution >= 4 is 39.0 Å². The Bertz CT molecular complexity index is 674. The number of hydrogen-bond donors (Lipinski definition) is 1. The van der Waals surface area contributed by atoms with Gasteiger partial charge in [0.2, 0.25) is 0 Å². The Labute approximate surface area is 129 Å². The lowest BCUT2D eigenvalue weighted by atomic mass is 10.2. The van der Waals surface area contributed by atoms with E-state index in [1.807, 2.05) is 6.92 Å². The maximum absolute atomic E-state index is 13.3. The van der Waals surface area contributed by atoms with Gasteiger partial charge in [-0.2, -0.15) is 0 Å². The normalized spacial score (nSPS) is 14.4. The predicted octanol–water partition coefficient (Wildman–Crippen LogP) is 4.96. The van der Waals surface area contributed by atoms with Crippen LogP contribution in [0.25, 0.3) is 0 Å². The van der Waals surface area contributed by atoms with E-state index in [1.165, 1.54) is 12.1 Å². The molecule has 0 spiro atoms. The Morgan fingerprint density at radius 1 is 1.35 bits per heavy atom. The van der Waals surface area contributed by atoms with Gasteiger partial charge in [-0.3, -0.25) is 0 Å². The van der Waals surface area contributed by atoms with Gasteiger partial charge >= 0.3 is 0 Å². The maximum atomic E-state index is 13.3. The SMILES string of the molecule is Cc1c(Cl)nc(C2CC2)nc1Nc1cc(F)ccc1Br. The minimum absolute atomic E-state index is 0.309. The summed E-state index contributed by atoms with van der Waals surface area (Å²) in [6.07, 6.45) is 2.20. The van der Waals surface area contributed by atoms with Crippen molar-refractivity contribution < 1.29 is 4.39 Å². The average molecular weight is 357 g/mol. The van der Waals surface area contributed by atoms with Crippen LogP contribution in [0.1, 0.15) is 30.1 Å². The van der Waals surface area contributed by atoms with E-state index < -0.39 is 0 Å². The van der Waals surface area contributed by atoms with Crippen molar-refractivity contribution in [2.75, 3.05) is 5.32 Å². The lowest BCUT2D eigenvalue weighted by Crippen LogP contribution is -2.03. The zero-order chi connectivity index (χ0) is 14.3. The summed E-state index contributed by atoms with van der Waals surface area (Å²) in [7, 11) is 0. The van der Waals surface area contributed by atoms with Crippen molar-refractivity contribution in [2.24, 2.45) is 0 Å². The average Bonchev–Trinajstić information content (AvgIpc) is 3.23. The molecular formula is C14H12BrClFN3. The Hall–Kier alpha value is -1.20. The number of nitrogens with zero attached hydrogens (tertiary/aromatic N) is 2. The minimum Gasteiger partial charge on any atom is -0.339 e. The van der Waals surface area contributed by atoms with Gasteiger partial charge < -0.3 is 5.32 Å². The zero-order valence-electron chi connectivity index (χ0n) is 10.8. The van der Waals surface area contributed by atoms with Crippen LogP contribution in [0.4, 0.5) is 15.9 Å². The van der Waals surface area contributed by atoms with Crippen LogP contribution in [0, 0.1) is 12.7 Å². The van der Waals surface area contributed by atoms with E-state index in [1.54, 1.807) is 6.07 Å². The molecule has 3 rings (SSSR count). The molecule has 0 radical (unpaired) electrons. The van der Waals surface area contributed by atoms with Crippen molar-refractivity contribution in [3.8, 4) is 0 Å². The van der Waals surface area contributed by atoms with Gasteiger partial charge in [0.15, 0.2) is 0 Å². The quantitative estimate of drug-likeness (QED) is 0.790. The topological polar surface area (TPSA) is 37.8 Å². The summed E-state index contributed by atoms with van der Waals surface area (Å²) in [5.74, 6) is 1.48. The maximum Gasteiger partial charge on any atom is 0.138 e. The number of anilines is 2. The third-order valence-electron chi connectivity index (χ3n) is 3.23. The van der Waals surface area contributed by atoms with Gasteiger partial charge in [-0.05, 0) is 53.9 Å². The fourth-order valence-electron chi connectivity index (χ4n) is 1.87. The van der Waals surface area contributed by atoms with Crippen LogP contribution >= 0.6 is 27.5 Å². The molecule has 1 aliphatic carbocycles. The van der Waals surface area contributed by atoms with Crippen molar-refractivity contribution in [3.05, 3.63) is 45.0 Å². The van der Waals surface area contributed by atoms with Gasteiger partial charge in [0.25, 0.3) is 0 Å². The van der Waals surface area contributed by atoms with Crippen molar-refractivity contribution in [1.82, 2.24) is 9.97 Å². The Kier molecular flexibility index (Phi) is 3.65. The second-order valence-electron chi connectivity index (χ2n) is 4.87. The van der Waals surface area contributed by atoms with Crippen molar-refractivity contribution in [2.45, 2.75) is 25.7 Å². The molecule has 0 bridgehead atoms. The molecular weight excluding hydrogens is 345 g/mol. The summed E-state index contributed by atoms with van der Waals surface area (Å²) in [6.45, 7) is 1.84. The molecule has 1 aliphatic rings. The lowest BCUT2D eigenvalue weighted by Gasteiger charge is -2.12. The second-order valence-corrected chi connectivity index (χ2v) is 6.08. The Balaban J connectivity index is 1.99. The third-order valence-corrected chi connectivity index (χ3v) is 4.29. The molecule has 0 saturated heterocycles. The summed E-state index contributed by atoms with van der Waals surface area (Å²) in [4.78, 5) is 8.82. The number of aromatic nitrogens is 2. The molecule has 1 heterocycles. The van der Waals surface area contributed by atoms with E-state index >= 15 is 0 Å². The van der Waals surface area contributed by atoms with Crippen LogP contribution in [-0.2, 0) is 0 Å². The van der Waals surface area contributed by atoms with Gasteiger partial charge in [-0.1, -0.05) is 11.6 Å². The number of rotatable bonds is 3. The smallest absolute Gasteiger partial charge is 0.138 e. The minimum atomic E-state index is -0.309. The van der Waals surface area contributed by atoms with Crippen LogP contribution in [0.15, 0.2) is 22.7 Å². The van der Waals surface area contributed by atoms with E-state index in [0.717, 1.165) is 28.7 Å². The summed E-state index contributed by atoms with van der Waals surface area (Å²) < 4.78 is 14.1. The van der Waals surface area contributed by atoms with E-state index in [4.69, 9.17) is 11.6 Å². The van der Waals surface area contributed by atoms with Gasteiger partial charge in [-0.25, -0.2) is 14.4 Å². The third kappa shape index (κ3) is 2.79. The molecule has 1 saturated carbocycles. The van der Waals surface area contributed by atoms with Gasteiger partial charge in [0.05, 0.1) is 5.69 Å². The highest BCUT2D eigenvalue weighted by Gasteiger charge is 2.28. The number of nitrogens with one attached hydrogen (secondary N) is 1. The Morgan fingerprint density at radius 3 is 2.80 bits per heavy atom. The molecule has 0 atom stereocenters. The summed E-state index contributed by atoms with van der Waals surface area (Å²) in [5, 5.41) is 3.56. The highest BCUT2D eigenvalue weighted by molar-refractivity contribution is 9.10. The molecule has 0 aliphatic heterocycles. The molecule has 1 aromatic heterocycles. The summed E-state index contributed by atoms with van der Waals surface area (Å²) in [5.41, 5.74) is 1.37. The molecule has 0 unspecified atom stereocenters. The van der Waals surface area contributed by atoms with Crippen LogP contribution in [0.2, 0.25) is 5.15 Å². The Morgan fingerprint density at radius 2 is 2.10 bits per heavy atom. The second kappa shape index (κ2) is 5.30. The van der Waals surface area contributed by atoms with Crippen LogP contribution in [0.3, 0.4) is 0 Å². The summed E-state index contributed by atoms with van der Waals surface area (Å²) in [6, 6.07) is 4.46. The van der Waals surface area contributed by atoms with E-state index in [-0.39, 0.29) is 5.82 Å². The molecule has 1 fully saturated rings. The largest absolute Gasteiger partial charge is 0.339 e. The lowest BCUT2D eigenvalue weighted by molar-refractivity contribution is 0.628. The molecule has 3 nitrogen and oxygen atoms in total. The van der Waals surface area contributed by atoms with Crippen molar-refractivity contribution in [3.63, 3.8) is 0 Å². The predicted molar refractivity (Wildman–Crippen MR) is 81.1 cm³/mol. The monoisotopic (exact) mass is 355 g/mol. The highest BCUT2D eigenvalue weighted by Crippen LogP contribution is 2.40. The number of halogens is 3. The van der Waals surface area contributed by atoms with E-state index in [2.05, 4.69) is 31.2 Å². The number of benzene rings is 1. The van der Waals surface area contributed by atoms with E-state index in [0.29, 0.717) is 22.6 Å². The fourth-order valence-corrected chi connectivity index (χ4v) is 2.39. The molecule has 2 aromatic rings. The first-order valence-electron chi connectivity index (χ1n) is 6.30. The highest BCUT2D eigenvalue weighted by atomic mass is 79.9. The first kappa shape index (κ1) is 13.8. The fraction of sp³-hybridized carbons (Fsp3) is 0.286. The molecule has 20 heavy (non-hydrogen) atoms. The van der Waals surface area contributed by atoms with E-state index in [9.17, 15) is 4.39 Å². The van der Waals surface area contributed by atoms with Crippen LogP contribution in [0.5, 0.6) is 0 Å².